The lowest BCUT2D eigenvalue weighted by atomic mass is 10.2. The maximum atomic E-state index is 12.6. The standard InChI is InChI=1S/C27H24N4O5/c32-24(14-15-30-23-9-5-4-8-22(23)26(34)29-27(30)35)28-18-16-25(33)31(17-18)19-10-12-21(13-11-19)36-20-6-2-1-3-7-20/h1-13,18H,14-17H2,(H,28,32)(H,29,34,35)/t18-/m1/s1. The number of amides is 2. The number of rotatable bonds is 7. The van der Waals surface area contributed by atoms with Crippen molar-refractivity contribution in [3.63, 3.8) is 0 Å². The largest absolute Gasteiger partial charge is 0.457 e. The molecule has 0 unspecified atom stereocenters. The van der Waals surface area contributed by atoms with Crippen molar-refractivity contribution < 1.29 is 14.3 Å². The number of anilines is 1. The molecule has 2 amide bonds. The second-order valence-electron chi connectivity index (χ2n) is 8.56. The molecule has 3 aromatic carbocycles. The van der Waals surface area contributed by atoms with Crippen molar-refractivity contribution in [2.75, 3.05) is 11.4 Å². The van der Waals surface area contributed by atoms with Gasteiger partial charge in [-0.05, 0) is 48.5 Å². The summed E-state index contributed by atoms with van der Waals surface area (Å²) in [4.78, 5) is 53.4. The lowest BCUT2D eigenvalue weighted by Gasteiger charge is -2.18. The molecule has 1 aromatic heterocycles. The normalized spacial score (nSPS) is 15.3. The van der Waals surface area contributed by atoms with Crippen LogP contribution >= 0.6 is 0 Å². The maximum absolute atomic E-state index is 12.6. The van der Waals surface area contributed by atoms with E-state index < -0.39 is 11.2 Å². The fourth-order valence-electron chi connectivity index (χ4n) is 4.35. The predicted octanol–water partition coefficient (Wildman–Crippen LogP) is 2.79. The summed E-state index contributed by atoms with van der Waals surface area (Å²) in [7, 11) is 0. The highest BCUT2D eigenvalue weighted by Crippen LogP contribution is 2.27. The molecule has 4 aromatic rings. The van der Waals surface area contributed by atoms with Gasteiger partial charge in [0.05, 0.1) is 16.9 Å². The zero-order valence-corrected chi connectivity index (χ0v) is 19.3. The van der Waals surface area contributed by atoms with Crippen LogP contribution in [0.3, 0.4) is 0 Å². The Morgan fingerprint density at radius 2 is 1.61 bits per heavy atom. The molecule has 0 spiro atoms. The Hall–Kier alpha value is -4.66. The topological polar surface area (TPSA) is 114 Å². The van der Waals surface area contributed by atoms with Gasteiger partial charge in [0, 0.05) is 31.6 Å². The molecule has 36 heavy (non-hydrogen) atoms. The Morgan fingerprint density at radius 1 is 0.917 bits per heavy atom. The third-order valence-electron chi connectivity index (χ3n) is 6.09. The van der Waals surface area contributed by atoms with Gasteiger partial charge in [0.25, 0.3) is 5.56 Å². The first kappa shape index (κ1) is 23.1. The van der Waals surface area contributed by atoms with Gasteiger partial charge in [-0.15, -0.1) is 0 Å². The highest BCUT2D eigenvalue weighted by molar-refractivity contribution is 5.97. The van der Waals surface area contributed by atoms with E-state index in [0.717, 1.165) is 11.4 Å². The molecule has 0 bridgehead atoms. The fraction of sp³-hybridized carbons (Fsp3) is 0.185. The molecular weight excluding hydrogens is 460 g/mol. The summed E-state index contributed by atoms with van der Waals surface area (Å²) in [6.07, 6.45) is 0.224. The zero-order valence-electron chi connectivity index (χ0n) is 19.3. The summed E-state index contributed by atoms with van der Waals surface area (Å²) < 4.78 is 7.17. The van der Waals surface area contributed by atoms with Crippen LogP contribution in [0.5, 0.6) is 11.5 Å². The number of aromatic amines is 1. The molecule has 5 rings (SSSR count). The zero-order chi connectivity index (χ0) is 25.1. The van der Waals surface area contributed by atoms with E-state index in [9.17, 15) is 19.2 Å². The van der Waals surface area contributed by atoms with Crippen LogP contribution in [0.25, 0.3) is 10.9 Å². The Labute approximate surface area is 205 Å². The van der Waals surface area contributed by atoms with Crippen LogP contribution in [-0.2, 0) is 16.1 Å². The number of hydrogen-bond acceptors (Lipinski definition) is 5. The van der Waals surface area contributed by atoms with Gasteiger partial charge in [0.15, 0.2) is 0 Å². The number of hydrogen-bond donors (Lipinski definition) is 2. The quantitative estimate of drug-likeness (QED) is 0.419. The maximum Gasteiger partial charge on any atom is 0.328 e. The monoisotopic (exact) mass is 484 g/mol. The molecule has 1 aliphatic rings. The van der Waals surface area contributed by atoms with Crippen LogP contribution in [0.4, 0.5) is 5.69 Å². The summed E-state index contributed by atoms with van der Waals surface area (Å²) in [5, 5.41) is 3.27. The van der Waals surface area contributed by atoms with Gasteiger partial charge in [-0.25, -0.2) is 4.79 Å². The van der Waals surface area contributed by atoms with Crippen LogP contribution in [0, 0.1) is 0 Å². The number of para-hydroxylation sites is 2. The van der Waals surface area contributed by atoms with Crippen molar-refractivity contribution in [1.82, 2.24) is 14.9 Å². The predicted molar refractivity (Wildman–Crippen MR) is 135 cm³/mol. The number of nitrogens with zero attached hydrogens (tertiary/aromatic N) is 2. The van der Waals surface area contributed by atoms with Crippen LogP contribution in [0.15, 0.2) is 88.5 Å². The van der Waals surface area contributed by atoms with Gasteiger partial charge in [-0.1, -0.05) is 30.3 Å². The van der Waals surface area contributed by atoms with E-state index in [0.29, 0.717) is 23.2 Å². The minimum atomic E-state index is -0.562. The van der Waals surface area contributed by atoms with Gasteiger partial charge >= 0.3 is 5.69 Å². The minimum Gasteiger partial charge on any atom is -0.457 e. The number of H-pyrrole nitrogens is 1. The van der Waals surface area contributed by atoms with E-state index >= 15 is 0 Å². The summed E-state index contributed by atoms with van der Waals surface area (Å²) in [5.41, 5.74) is 0.179. The Kier molecular flexibility index (Phi) is 6.36. The van der Waals surface area contributed by atoms with Gasteiger partial charge in [-0.3, -0.25) is 23.9 Å². The number of benzene rings is 3. The van der Waals surface area contributed by atoms with Gasteiger partial charge in [-0.2, -0.15) is 0 Å². The van der Waals surface area contributed by atoms with Crippen molar-refractivity contribution in [3.05, 3.63) is 99.7 Å². The molecule has 2 heterocycles. The molecule has 2 N–H and O–H groups in total. The highest BCUT2D eigenvalue weighted by Gasteiger charge is 2.31. The molecule has 9 nitrogen and oxygen atoms in total. The molecule has 1 atom stereocenters. The third kappa shape index (κ3) is 4.90. The summed E-state index contributed by atoms with van der Waals surface area (Å²) in [6, 6.07) is 23.1. The molecule has 0 radical (unpaired) electrons. The average molecular weight is 485 g/mol. The van der Waals surface area contributed by atoms with Crippen LogP contribution in [-0.4, -0.2) is 34.0 Å². The van der Waals surface area contributed by atoms with Gasteiger partial charge in [0.1, 0.15) is 11.5 Å². The summed E-state index contributed by atoms with van der Waals surface area (Å²) in [5.74, 6) is 1.03. The van der Waals surface area contributed by atoms with E-state index in [1.165, 1.54) is 4.57 Å². The van der Waals surface area contributed by atoms with Gasteiger partial charge in [0.2, 0.25) is 11.8 Å². The van der Waals surface area contributed by atoms with Crippen LogP contribution < -0.4 is 26.2 Å². The fourth-order valence-corrected chi connectivity index (χ4v) is 4.35. The second-order valence-corrected chi connectivity index (χ2v) is 8.56. The number of carbonyl (C=O) groups excluding carboxylic acids is 2. The van der Waals surface area contributed by atoms with Crippen LogP contribution in [0.2, 0.25) is 0 Å². The number of carbonyl (C=O) groups is 2. The molecule has 1 aliphatic heterocycles. The minimum absolute atomic E-state index is 0.0339. The van der Waals surface area contributed by atoms with Crippen LogP contribution in [0.1, 0.15) is 12.8 Å². The van der Waals surface area contributed by atoms with E-state index in [1.54, 1.807) is 41.3 Å². The van der Waals surface area contributed by atoms with E-state index in [4.69, 9.17) is 4.74 Å². The lowest BCUT2D eigenvalue weighted by molar-refractivity contribution is -0.122. The second kappa shape index (κ2) is 9.91. The van der Waals surface area contributed by atoms with E-state index in [1.807, 2.05) is 42.5 Å². The molecule has 1 fully saturated rings. The number of nitrogens with one attached hydrogen (secondary N) is 2. The first-order chi connectivity index (χ1) is 17.5. The number of aryl methyl sites for hydroxylation is 1. The first-order valence-corrected chi connectivity index (χ1v) is 11.6. The lowest BCUT2D eigenvalue weighted by Crippen LogP contribution is -2.38. The highest BCUT2D eigenvalue weighted by atomic mass is 16.5. The number of fused-ring (bicyclic) bond motifs is 1. The van der Waals surface area contributed by atoms with Crippen molar-refractivity contribution >= 4 is 28.4 Å². The average Bonchev–Trinajstić information content (AvgIpc) is 3.24. The Bertz CT molecular complexity index is 1530. The van der Waals surface area contributed by atoms with E-state index in [-0.39, 0.29) is 37.2 Å². The Balaban J connectivity index is 1.19. The molecule has 1 saturated heterocycles. The van der Waals surface area contributed by atoms with Crippen molar-refractivity contribution in [2.24, 2.45) is 0 Å². The van der Waals surface area contributed by atoms with Crippen molar-refractivity contribution in [1.29, 1.82) is 0 Å². The molecule has 182 valence electrons. The third-order valence-corrected chi connectivity index (χ3v) is 6.09. The first-order valence-electron chi connectivity index (χ1n) is 11.6. The van der Waals surface area contributed by atoms with Gasteiger partial charge < -0.3 is 15.0 Å². The molecule has 0 aliphatic carbocycles. The molecule has 0 saturated carbocycles. The smallest absolute Gasteiger partial charge is 0.328 e. The van der Waals surface area contributed by atoms with Crippen molar-refractivity contribution in [3.8, 4) is 11.5 Å². The van der Waals surface area contributed by atoms with Crippen molar-refractivity contribution in [2.45, 2.75) is 25.4 Å². The Morgan fingerprint density at radius 3 is 2.39 bits per heavy atom. The van der Waals surface area contributed by atoms with E-state index in [2.05, 4.69) is 10.3 Å². The molecular formula is C27H24N4O5. The SMILES string of the molecule is O=C(CCn1c(=O)[nH]c(=O)c2ccccc21)N[C@@H]1CC(=O)N(c2ccc(Oc3ccccc3)cc2)C1. The number of aromatic nitrogens is 2. The molecule has 9 heteroatoms. The number of ether oxygens (including phenoxy) is 1. The summed E-state index contributed by atoms with van der Waals surface area (Å²) in [6.45, 7) is 0.459. The summed E-state index contributed by atoms with van der Waals surface area (Å²) >= 11 is 0.